The van der Waals surface area contributed by atoms with Gasteiger partial charge in [0.25, 0.3) is 5.91 Å². The van der Waals surface area contributed by atoms with Crippen LogP contribution in [0.15, 0.2) is 18.2 Å². The Labute approximate surface area is 116 Å². The van der Waals surface area contributed by atoms with Crippen molar-refractivity contribution in [1.82, 2.24) is 10.2 Å². The molecule has 0 radical (unpaired) electrons. The van der Waals surface area contributed by atoms with E-state index < -0.39 is 0 Å². The number of carbonyl (C=O) groups is 1. The molecular weight excluding hydrogens is 271 g/mol. The first-order valence-electron chi connectivity index (χ1n) is 6.10. The van der Waals surface area contributed by atoms with Gasteiger partial charge in [-0.3, -0.25) is 4.79 Å². The summed E-state index contributed by atoms with van der Waals surface area (Å²) in [5.41, 5.74) is 0.680. The van der Waals surface area contributed by atoms with Crippen LogP contribution in [0.5, 0.6) is 0 Å². The average molecular weight is 285 g/mol. The molecule has 1 N–H and O–H groups in total. The molecule has 1 aromatic carbocycles. The first-order chi connectivity index (χ1) is 8.62. The zero-order valence-electron chi connectivity index (χ0n) is 9.88. The van der Waals surface area contributed by atoms with E-state index in [0.717, 1.165) is 32.5 Å². The van der Waals surface area contributed by atoms with Gasteiger partial charge in [-0.2, -0.15) is 0 Å². The number of halogens is 2. The van der Waals surface area contributed by atoms with Crippen LogP contribution >= 0.6 is 23.2 Å². The normalized spacial score (nSPS) is 21.1. The maximum absolute atomic E-state index is 12.5. The smallest absolute Gasteiger partial charge is 0.254 e. The summed E-state index contributed by atoms with van der Waals surface area (Å²) in [6, 6.07) is 5.08. The molecule has 5 heteroatoms. The van der Waals surface area contributed by atoms with Gasteiger partial charge in [0, 0.05) is 25.2 Å². The number of benzene rings is 1. The molecule has 1 saturated heterocycles. The molecule has 96 valence electrons. The van der Waals surface area contributed by atoms with Crippen molar-refractivity contribution in [2.45, 2.75) is 18.4 Å². The van der Waals surface area contributed by atoms with Crippen LogP contribution in [0, 0.1) is 0 Å². The third-order valence-electron chi connectivity index (χ3n) is 3.78. The molecule has 1 saturated carbocycles. The molecule has 1 aliphatic heterocycles. The fourth-order valence-electron chi connectivity index (χ4n) is 2.54. The fraction of sp³-hybridized carbons (Fsp3) is 0.462. The van der Waals surface area contributed by atoms with Crippen LogP contribution in [0.1, 0.15) is 23.2 Å². The minimum atomic E-state index is 0.0570. The van der Waals surface area contributed by atoms with E-state index in [9.17, 15) is 4.79 Å². The second-order valence-electron chi connectivity index (χ2n) is 4.99. The summed E-state index contributed by atoms with van der Waals surface area (Å²) < 4.78 is 0. The SMILES string of the molecule is O=C(c1ccc(Cl)c(Cl)c1)N1CCNCC12CC2. The molecule has 1 amide bonds. The topological polar surface area (TPSA) is 32.3 Å². The summed E-state index contributed by atoms with van der Waals surface area (Å²) in [6.07, 6.45) is 2.18. The van der Waals surface area contributed by atoms with E-state index in [4.69, 9.17) is 23.2 Å². The lowest BCUT2D eigenvalue weighted by molar-refractivity contribution is 0.0600. The number of hydrogen-bond donors (Lipinski definition) is 1. The van der Waals surface area contributed by atoms with Gasteiger partial charge >= 0.3 is 0 Å². The summed E-state index contributed by atoms with van der Waals surface area (Å²) in [5, 5.41) is 4.27. The number of nitrogens with zero attached hydrogens (tertiary/aromatic N) is 1. The minimum Gasteiger partial charge on any atom is -0.330 e. The van der Waals surface area contributed by atoms with Gasteiger partial charge in [-0.25, -0.2) is 0 Å². The molecule has 0 aromatic heterocycles. The zero-order chi connectivity index (χ0) is 12.8. The molecule has 3 rings (SSSR count). The van der Waals surface area contributed by atoms with Gasteiger partial charge < -0.3 is 10.2 Å². The van der Waals surface area contributed by atoms with Crippen molar-refractivity contribution in [3.8, 4) is 0 Å². The predicted octanol–water partition coefficient (Wildman–Crippen LogP) is 2.57. The number of rotatable bonds is 1. The van der Waals surface area contributed by atoms with Crippen LogP contribution in [-0.4, -0.2) is 36.0 Å². The average Bonchev–Trinajstić information content (AvgIpc) is 3.13. The number of piperazine rings is 1. The van der Waals surface area contributed by atoms with Gasteiger partial charge in [0.2, 0.25) is 0 Å². The third-order valence-corrected chi connectivity index (χ3v) is 4.52. The van der Waals surface area contributed by atoms with Crippen molar-refractivity contribution in [3.05, 3.63) is 33.8 Å². The van der Waals surface area contributed by atoms with Gasteiger partial charge in [-0.15, -0.1) is 0 Å². The van der Waals surface area contributed by atoms with Gasteiger partial charge in [-0.05, 0) is 31.0 Å². The Balaban J connectivity index is 1.87. The number of nitrogens with one attached hydrogen (secondary N) is 1. The van der Waals surface area contributed by atoms with Crippen LogP contribution in [0.4, 0.5) is 0 Å². The molecule has 1 spiro atoms. The largest absolute Gasteiger partial charge is 0.330 e. The Morgan fingerprint density at radius 3 is 2.72 bits per heavy atom. The molecule has 0 bridgehead atoms. The monoisotopic (exact) mass is 284 g/mol. The van der Waals surface area contributed by atoms with Crippen molar-refractivity contribution >= 4 is 29.1 Å². The summed E-state index contributed by atoms with van der Waals surface area (Å²) in [7, 11) is 0. The molecule has 1 heterocycles. The first kappa shape index (κ1) is 12.3. The van der Waals surface area contributed by atoms with Crippen molar-refractivity contribution < 1.29 is 4.79 Å². The summed E-state index contributed by atoms with van der Waals surface area (Å²) in [4.78, 5) is 14.5. The third kappa shape index (κ3) is 2.00. The Morgan fingerprint density at radius 1 is 1.28 bits per heavy atom. The van der Waals surface area contributed by atoms with Gasteiger partial charge in [-0.1, -0.05) is 23.2 Å². The molecule has 0 unspecified atom stereocenters. The van der Waals surface area contributed by atoms with Gasteiger partial charge in [0.05, 0.1) is 15.6 Å². The van der Waals surface area contributed by atoms with Crippen LogP contribution < -0.4 is 5.32 Å². The number of amides is 1. The van der Waals surface area contributed by atoms with Crippen LogP contribution in [-0.2, 0) is 0 Å². The summed E-state index contributed by atoms with van der Waals surface area (Å²) >= 11 is 11.8. The standard InChI is InChI=1S/C13H14Cl2N2O/c14-10-2-1-9(7-11(10)15)12(18)17-6-5-16-8-13(17)3-4-13/h1-2,7,16H,3-6,8H2. The van der Waals surface area contributed by atoms with Crippen LogP contribution in [0.2, 0.25) is 10.0 Å². The van der Waals surface area contributed by atoms with E-state index in [-0.39, 0.29) is 11.4 Å². The van der Waals surface area contributed by atoms with Crippen LogP contribution in [0.3, 0.4) is 0 Å². The zero-order valence-corrected chi connectivity index (χ0v) is 11.4. The Morgan fingerprint density at radius 2 is 2.06 bits per heavy atom. The molecule has 1 aliphatic carbocycles. The second-order valence-corrected chi connectivity index (χ2v) is 5.80. The maximum atomic E-state index is 12.5. The Kier molecular flexibility index (Phi) is 3.00. The lowest BCUT2D eigenvalue weighted by atomic mass is 10.1. The Hall–Kier alpha value is -0.770. The molecule has 2 aliphatic rings. The highest BCUT2D eigenvalue weighted by molar-refractivity contribution is 6.42. The van der Waals surface area contributed by atoms with E-state index in [1.807, 2.05) is 4.90 Å². The van der Waals surface area contributed by atoms with Crippen molar-refractivity contribution in [3.63, 3.8) is 0 Å². The second kappa shape index (κ2) is 4.41. The van der Waals surface area contributed by atoms with E-state index in [1.54, 1.807) is 18.2 Å². The molecular formula is C13H14Cl2N2O. The first-order valence-corrected chi connectivity index (χ1v) is 6.86. The number of carbonyl (C=O) groups excluding carboxylic acids is 1. The number of hydrogen-bond acceptors (Lipinski definition) is 2. The lowest BCUT2D eigenvalue weighted by Gasteiger charge is -2.37. The predicted molar refractivity (Wildman–Crippen MR) is 72.3 cm³/mol. The minimum absolute atomic E-state index is 0.0570. The van der Waals surface area contributed by atoms with E-state index in [0.29, 0.717) is 15.6 Å². The molecule has 1 aromatic rings. The van der Waals surface area contributed by atoms with E-state index in [2.05, 4.69) is 5.32 Å². The van der Waals surface area contributed by atoms with Crippen molar-refractivity contribution in [2.75, 3.05) is 19.6 Å². The molecule has 2 fully saturated rings. The highest BCUT2D eigenvalue weighted by Gasteiger charge is 2.51. The van der Waals surface area contributed by atoms with E-state index in [1.165, 1.54) is 0 Å². The summed E-state index contributed by atoms with van der Waals surface area (Å²) in [5.74, 6) is 0.0626. The molecule has 3 nitrogen and oxygen atoms in total. The van der Waals surface area contributed by atoms with Gasteiger partial charge in [0.1, 0.15) is 0 Å². The van der Waals surface area contributed by atoms with E-state index >= 15 is 0 Å². The summed E-state index contributed by atoms with van der Waals surface area (Å²) in [6.45, 7) is 2.52. The highest BCUT2D eigenvalue weighted by atomic mass is 35.5. The van der Waals surface area contributed by atoms with Gasteiger partial charge in [0.15, 0.2) is 0 Å². The van der Waals surface area contributed by atoms with Crippen LogP contribution in [0.25, 0.3) is 0 Å². The lowest BCUT2D eigenvalue weighted by Crippen LogP contribution is -2.55. The maximum Gasteiger partial charge on any atom is 0.254 e. The van der Waals surface area contributed by atoms with Crippen molar-refractivity contribution in [1.29, 1.82) is 0 Å². The Bertz CT molecular complexity index is 500. The highest BCUT2D eigenvalue weighted by Crippen LogP contribution is 2.43. The molecule has 18 heavy (non-hydrogen) atoms. The molecule has 0 atom stereocenters. The quantitative estimate of drug-likeness (QED) is 0.860. The fourth-order valence-corrected chi connectivity index (χ4v) is 2.84. The van der Waals surface area contributed by atoms with Crippen molar-refractivity contribution in [2.24, 2.45) is 0 Å².